The summed E-state index contributed by atoms with van der Waals surface area (Å²) in [6.45, 7) is 0. The fraction of sp³-hybridized carbons (Fsp3) is 0.154. The first-order valence-electron chi connectivity index (χ1n) is 6.09. The van der Waals surface area contributed by atoms with Crippen LogP contribution in [0.4, 0.5) is 0 Å². The zero-order chi connectivity index (χ0) is 14.6. The molecule has 1 aromatic carbocycles. The Labute approximate surface area is 151 Å². The number of para-hydroxylation sites is 2. The molecule has 0 saturated heterocycles. The highest BCUT2D eigenvalue weighted by molar-refractivity contribution is 7.99. The highest BCUT2D eigenvalue weighted by Crippen LogP contribution is 2.46. The maximum atomic E-state index is 6.64. The van der Waals surface area contributed by atoms with Crippen molar-refractivity contribution in [1.29, 1.82) is 0 Å². The van der Waals surface area contributed by atoms with E-state index < -0.39 is 5.50 Å². The summed E-state index contributed by atoms with van der Waals surface area (Å²) in [5.41, 5.74) is 2.19. The fourth-order valence-electron chi connectivity index (χ4n) is 2.30. The number of thioether (sulfide) groups is 1. The van der Waals surface area contributed by atoms with Gasteiger partial charge in [0.15, 0.2) is 10.3 Å². The van der Waals surface area contributed by atoms with Gasteiger partial charge in [-0.15, -0.1) is 12.4 Å². The van der Waals surface area contributed by atoms with Crippen LogP contribution in [0, 0.1) is 0 Å². The summed E-state index contributed by atoms with van der Waals surface area (Å²) < 4.78 is 1.97. The van der Waals surface area contributed by atoms with Crippen LogP contribution >= 0.6 is 59.1 Å². The third-order valence-corrected chi connectivity index (χ3v) is 5.47. The van der Waals surface area contributed by atoms with E-state index in [-0.39, 0.29) is 12.4 Å². The SMILES string of the molecule is CSc1nc(Cl)c2c(n1)Sc1nc3ccccc3n1C2Cl.Cl. The van der Waals surface area contributed by atoms with E-state index in [4.69, 9.17) is 23.2 Å². The number of hydrogen-bond donors (Lipinski definition) is 0. The van der Waals surface area contributed by atoms with Crippen molar-refractivity contribution in [3.63, 3.8) is 0 Å². The van der Waals surface area contributed by atoms with Gasteiger partial charge in [0.2, 0.25) is 0 Å². The zero-order valence-electron chi connectivity index (χ0n) is 11.2. The average molecular weight is 392 g/mol. The van der Waals surface area contributed by atoms with Crippen molar-refractivity contribution in [2.75, 3.05) is 6.26 Å². The number of nitrogens with zero attached hydrogens (tertiary/aromatic N) is 4. The standard InChI is InChI=1S/C13H8Cl2N4S2.ClH/c1-20-12-17-9(14)8-10(15)19-7-5-3-2-4-6(7)16-13(19)21-11(8)18-12;/h2-5,10H,1H3;1H. The molecule has 4 nitrogen and oxygen atoms in total. The van der Waals surface area contributed by atoms with Gasteiger partial charge in [0.1, 0.15) is 15.7 Å². The number of halogens is 3. The fourth-order valence-corrected chi connectivity index (χ4v) is 4.76. The number of benzene rings is 1. The summed E-state index contributed by atoms with van der Waals surface area (Å²) in [5, 5.41) is 2.65. The Hall–Kier alpha value is -0.660. The number of aromatic nitrogens is 4. The summed E-state index contributed by atoms with van der Waals surface area (Å²) >= 11 is 15.9. The van der Waals surface area contributed by atoms with Gasteiger partial charge < -0.3 is 0 Å². The normalized spacial score (nSPS) is 16.0. The van der Waals surface area contributed by atoms with Crippen LogP contribution in [0.5, 0.6) is 0 Å². The molecule has 0 bridgehead atoms. The Kier molecular flexibility index (Phi) is 4.49. The van der Waals surface area contributed by atoms with Gasteiger partial charge >= 0.3 is 0 Å². The zero-order valence-corrected chi connectivity index (χ0v) is 15.1. The summed E-state index contributed by atoms with van der Waals surface area (Å²) in [7, 11) is 0. The number of alkyl halides is 1. The van der Waals surface area contributed by atoms with E-state index in [2.05, 4.69) is 15.0 Å². The summed E-state index contributed by atoms with van der Waals surface area (Å²) in [4.78, 5) is 13.4. The van der Waals surface area contributed by atoms with Gasteiger partial charge in [-0.3, -0.25) is 4.57 Å². The van der Waals surface area contributed by atoms with E-state index in [1.165, 1.54) is 23.5 Å². The minimum atomic E-state index is -0.452. The van der Waals surface area contributed by atoms with Crippen LogP contribution in [0.15, 0.2) is 39.6 Å². The van der Waals surface area contributed by atoms with E-state index in [0.717, 1.165) is 26.8 Å². The molecule has 0 saturated carbocycles. The Bertz CT molecular complexity index is 868. The van der Waals surface area contributed by atoms with Crippen molar-refractivity contribution in [3.05, 3.63) is 35.0 Å². The second kappa shape index (κ2) is 6.09. The van der Waals surface area contributed by atoms with Crippen LogP contribution in [0.1, 0.15) is 11.1 Å². The maximum absolute atomic E-state index is 6.64. The number of hydrogen-bond acceptors (Lipinski definition) is 5. The van der Waals surface area contributed by atoms with Gasteiger partial charge in [-0.1, -0.05) is 47.1 Å². The summed E-state index contributed by atoms with van der Waals surface area (Å²) in [5.74, 6) is 0. The van der Waals surface area contributed by atoms with Gasteiger partial charge in [-0.25, -0.2) is 15.0 Å². The van der Waals surface area contributed by atoms with Gasteiger partial charge in [0.05, 0.1) is 16.6 Å². The maximum Gasteiger partial charge on any atom is 0.189 e. The second-order valence-corrected chi connectivity index (χ2v) is 6.91. The molecule has 1 aliphatic rings. The highest BCUT2D eigenvalue weighted by Gasteiger charge is 2.31. The molecule has 0 aliphatic carbocycles. The van der Waals surface area contributed by atoms with E-state index >= 15 is 0 Å². The molecule has 0 spiro atoms. The number of fused-ring (bicyclic) bond motifs is 4. The molecule has 1 unspecified atom stereocenters. The van der Waals surface area contributed by atoms with Crippen LogP contribution in [-0.2, 0) is 0 Å². The largest absolute Gasteiger partial charge is 0.297 e. The van der Waals surface area contributed by atoms with Crippen LogP contribution < -0.4 is 0 Å². The molecule has 0 amide bonds. The predicted molar refractivity (Wildman–Crippen MR) is 93.9 cm³/mol. The van der Waals surface area contributed by atoms with Crippen molar-refractivity contribution in [2.24, 2.45) is 0 Å². The molecule has 1 aliphatic heterocycles. The topological polar surface area (TPSA) is 43.6 Å². The molecule has 22 heavy (non-hydrogen) atoms. The molecule has 4 rings (SSSR count). The molecular weight excluding hydrogens is 383 g/mol. The van der Waals surface area contributed by atoms with Crippen LogP contribution in [0.2, 0.25) is 5.15 Å². The Balaban J connectivity index is 0.00000144. The smallest absolute Gasteiger partial charge is 0.189 e. The molecule has 0 fully saturated rings. The minimum Gasteiger partial charge on any atom is -0.297 e. The van der Waals surface area contributed by atoms with E-state index in [1.807, 2.05) is 35.1 Å². The Morgan fingerprint density at radius 2 is 2.00 bits per heavy atom. The highest BCUT2D eigenvalue weighted by atomic mass is 35.5. The number of imidazole rings is 1. The first-order chi connectivity index (χ1) is 10.2. The molecule has 3 aromatic rings. The molecule has 0 N–H and O–H groups in total. The van der Waals surface area contributed by atoms with Crippen LogP contribution in [-0.4, -0.2) is 25.8 Å². The monoisotopic (exact) mass is 390 g/mol. The Morgan fingerprint density at radius 1 is 1.23 bits per heavy atom. The van der Waals surface area contributed by atoms with E-state index in [1.54, 1.807) is 0 Å². The first-order valence-corrected chi connectivity index (χ1v) is 8.95. The molecule has 114 valence electrons. The summed E-state index contributed by atoms with van der Waals surface area (Å²) in [6.07, 6.45) is 1.92. The average Bonchev–Trinajstić information content (AvgIpc) is 2.84. The van der Waals surface area contributed by atoms with Crippen molar-refractivity contribution in [3.8, 4) is 0 Å². The van der Waals surface area contributed by atoms with Gasteiger partial charge in [-0.2, -0.15) is 0 Å². The van der Waals surface area contributed by atoms with Crippen molar-refractivity contribution < 1.29 is 0 Å². The number of rotatable bonds is 1. The molecule has 0 radical (unpaired) electrons. The lowest BCUT2D eigenvalue weighted by atomic mass is 10.3. The lowest BCUT2D eigenvalue weighted by Gasteiger charge is -2.23. The second-order valence-electron chi connectivity index (χ2n) is 4.41. The predicted octanol–water partition coefficient (Wildman–Crippen LogP) is 4.87. The van der Waals surface area contributed by atoms with E-state index in [0.29, 0.717) is 10.3 Å². The molecular formula is C13H9Cl3N4S2. The third kappa shape index (κ3) is 2.37. The molecule has 2 aromatic heterocycles. The molecule has 3 heterocycles. The van der Waals surface area contributed by atoms with Gasteiger partial charge in [0, 0.05) is 0 Å². The van der Waals surface area contributed by atoms with Crippen molar-refractivity contribution >= 4 is 70.2 Å². The quantitative estimate of drug-likeness (QED) is 0.256. The lowest BCUT2D eigenvalue weighted by molar-refractivity contribution is 0.656. The van der Waals surface area contributed by atoms with Crippen molar-refractivity contribution in [2.45, 2.75) is 20.8 Å². The lowest BCUT2D eigenvalue weighted by Crippen LogP contribution is -2.14. The minimum absolute atomic E-state index is 0. The van der Waals surface area contributed by atoms with Crippen molar-refractivity contribution in [1.82, 2.24) is 19.5 Å². The Morgan fingerprint density at radius 3 is 2.77 bits per heavy atom. The van der Waals surface area contributed by atoms with Gasteiger partial charge in [-0.05, 0) is 30.2 Å². The van der Waals surface area contributed by atoms with E-state index in [9.17, 15) is 0 Å². The summed E-state index contributed by atoms with van der Waals surface area (Å²) in [6, 6.07) is 7.89. The third-order valence-electron chi connectivity index (χ3n) is 3.24. The van der Waals surface area contributed by atoms with Crippen LogP contribution in [0.25, 0.3) is 11.0 Å². The van der Waals surface area contributed by atoms with Gasteiger partial charge in [0.25, 0.3) is 0 Å². The first kappa shape index (κ1) is 16.2. The molecule has 1 atom stereocenters. The molecule has 9 heteroatoms. The van der Waals surface area contributed by atoms with Crippen LogP contribution in [0.3, 0.4) is 0 Å².